The molecule has 0 aliphatic heterocycles. The molecular formula is C14H17ClFNO3. The summed E-state index contributed by atoms with van der Waals surface area (Å²) in [5, 5.41) is 2.42. The number of hydrogen-bond donors (Lipinski definition) is 1. The molecule has 0 unspecified atom stereocenters. The van der Waals surface area contributed by atoms with Crippen LogP contribution in [0.1, 0.15) is 30.6 Å². The molecule has 1 N–H and O–H groups in total. The fraction of sp³-hybridized carbons (Fsp3) is 0.429. The van der Waals surface area contributed by atoms with E-state index in [4.69, 9.17) is 16.3 Å². The molecule has 0 aliphatic carbocycles. The van der Waals surface area contributed by atoms with E-state index in [-0.39, 0.29) is 6.61 Å². The van der Waals surface area contributed by atoms with Crippen LogP contribution < -0.4 is 5.32 Å². The predicted molar refractivity (Wildman–Crippen MR) is 75.9 cm³/mol. The number of carbonyl (C=O) groups is 2. The first-order chi connectivity index (χ1) is 9.34. The zero-order chi connectivity index (χ0) is 15.2. The minimum absolute atomic E-state index is 0.261. The topological polar surface area (TPSA) is 55.4 Å². The molecule has 1 aromatic rings. The van der Waals surface area contributed by atoms with E-state index in [9.17, 15) is 14.0 Å². The quantitative estimate of drug-likeness (QED) is 0.499. The summed E-state index contributed by atoms with van der Waals surface area (Å²) in [6.07, 6.45) is 0.590. The highest BCUT2D eigenvalue weighted by molar-refractivity contribution is 6.17. The van der Waals surface area contributed by atoms with Crippen molar-refractivity contribution in [2.24, 2.45) is 0 Å². The zero-order valence-corrected chi connectivity index (χ0v) is 12.2. The standard InChI is InChI=1S/C14H17ClFNO3/c1-14(2,16)13(19)17-11-6-4-10(5-7-11)12(18)20-9-3-8-15/h4-7H,3,8-9H2,1-2H3,(H,17,19). The van der Waals surface area contributed by atoms with E-state index in [0.717, 1.165) is 0 Å². The molecule has 0 heterocycles. The maximum Gasteiger partial charge on any atom is 0.338 e. The lowest BCUT2D eigenvalue weighted by Crippen LogP contribution is -2.32. The van der Waals surface area contributed by atoms with E-state index in [1.165, 1.54) is 38.1 Å². The van der Waals surface area contributed by atoms with Crippen LogP contribution in [-0.4, -0.2) is 30.0 Å². The first kappa shape index (κ1) is 16.4. The smallest absolute Gasteiger partial charge is 0.338 e. The van der Waals surface area contributed by atoms with Gasteiger partial charge in [0.05, 0.1) is 12.2 Å². The summed E-state index contributed by atoms with van der Waals surface area (Å²) >= 11 is 5.47. The lowest BCUT2D eigenvalue weighted by atomic mass is 10.1. The van der Waals surface area contributed by atoms with Crippen LogP contribution in [0, 0.1) is 0 Å². The lowest BCUT2D eigenvalue weighted by Gasteiger charge is -2.14. The van der Waals surface area contributed by atoms with Crippen molar-refractivity contribution < 1.29 is 18.7 Å². The predicted octanol–water partition coefficient (Wildman–Crippen LogP) is 3.16. The second-order valence-corrected chi connectivity index (χ2v) is 5.06. The van der Waals surface area contributed by atoms with Gasteiger partial charge in [-0.1, -0.05) is 0 Å². The fourth-order valence-corrected chi connectivity index (χ4v) is 1.38. The molecule has 4 nitrogen and oxygen atoms in total. The van der Waals surface area contributed by atoms with E-state index < -0.39 is 17.5 Å². The van der Waals surface area contributed by atoms with Gasteiger partial charge in [0.25, 0.3) is 5.91 Å². The number of carbonyl (C=O) groups excluding carboxylic acids is 2. The van der Waals surface area contributed by atoms with Crippen molar-refractivity contribution >= 4 is 29.2 Å². The van der Waals surface area contributed by atoms with Gasteiger partial charge in [-0.15, -0.1) is 11.6 Å². The van der Waals surface area contributed by atoms with Gasteiger partial charge in [-0.2, -0.15) is 0 Å². The Bertz CT molecular complexity index is 468. The molecule has 0 fully saturated rings. The molecular weight excluding hydrogens is 285 g/mol. The zero-order valence-electron chi connectivity index (χ0n) is 11.4. The van der Waals surface area contributed by atoms with Crippen LogP contribution >= 0.6 is 11.6 Å². The number of esters is 1. The number of alkyl halides is 2. The van der Waals surface area contributed by atoms with E-state index in [2.05, 4.69) is 5.32 Å². The number of hydrogen-bond acceptors (Lipinski definition) is 3. The van der Waals surface area contributed by atoms with Crippen LogP contribution in [0.2, 0.25) is 0 Å². The average molecular weight is 302 g/mol. The first-order valence-corrected chi connectivity index (χ1v) is 6.71. The maximum atomic E-state index is 13.4. The number of nitrogens with one attached hydrogen (secondary N) is 1. The van der Waals surface area contributed by atoms with Crippen molar-refractivity contribution in [3.05, 3.63) is 29.8 Å². The molecule has 0 atom stereocenters. The molecule has 0 aliphatic rings. The van der Waals surface area contributed by atoms with Gasteiger partial charge in [0.2, 0.25) is 0 Å². The Balaban J connectivity index is 2.60. The summed E-state index contributed by atoms with van der Waals surface area (Å²) in [4.78, 5) is 23.0. The van der Waals surface area contributed by atoms with Crippen molar-refractivity contribution in [2.45, 2.75) is 25.9 Å². The lowest BCUT2D eigenvalue weighted by molar-refractivity contribution is -0.125. The minimum Gasteiger partial charge on any atom is -0.462 e. The largest absolute Gasteiger partial charge is 0.462 e. The number of benzene rings is 1. The SMILES string of the molecule is CC(C)(F)C(=O)Nc1ccc(C(=O)OCCCCl)cc1. The van der Waals surface area contributed by atoms with Gasteiger partial charge in [0.15, 0.2) is 5.67 Å². The van der Waals surface area contributed by atoms with Crippen LogP contribution in [0.4, 0.5) is 10.1 Å². The first-order valence-electron chi connectivity index (χ1n) is 6.18. The number of amides is 1. The third-order valence-electron chi connectivity index (χ3n) is 2.43. The molecule has 20 heavy (non-hydrogen) atoms. The summed E-state index contributed by atoms with van der Waals surface area (Å²) in [5.41, 5.74) is -1.19. The van der Waals surface area contributed by atoms with Crippen molar-refractivity contribution in [1.82, 2.24) is 0 Å². The molecule has 0 spiro atoms. The summed E-state index contributed by atoms with van der Waals surface area (Å²) < 4.78 is 18.3. The third-order valence-corrected chi connectivity index (χ3v) is 2.70. The average Bonchev–Trinajstić information content (AvgIpc) is 2.38. The van der Waals surface area contributed by atoms with Crippen molar-refractivity contribution in [3.63, 3.8) is 0 Å². The van der Waals surface area contributed by atoms with Gasteiger partial charge in [-0.3, -0.25) is 4.79 Å². The number of halogens is 2. The monoisotopic (exact) mass is 301 g/mol. The second kappa shape index (κ2) is 7.24. The van der Waals surface area contributed by atoms with E-state index in [1.807, 2.05) is 0 Å². The van der Waals surface area contributed by atoms with Gasteiger partial charge in [0, 0.05) is 11.6 Å². The van der Waals surface area contributed by atoms with Gasteiger partial charge < -0.3 is 10.1 Å². The fourth-order valence-electron chi connectivity index (χ4n) is 1.27. The van der Waals surface area contributed by atoms with Crippen LogP contribution in [0.25, 0.3) is 0 Å². The Morgan fingerprint density at radius 3 is 2.40 bits per heavy atom. The highest BCUT2D eigenvalue weighted by Crippen LogP contribution is 2.15. The summed E-state index contributed by atoms with van der Waals surface area (Å²) in [5.74, 6) is -0.772. The summed E-state index contributed by atoms with van der Waals surface area (Å²) in [7, 11) is 0. The second-order valence-electron chi connectivity index (χ2n) is 4.68. The molecule has 6 heteroatoms. The number of ether oxygens (including phenoxy) is 1. The Kier molecular flexibility index (Phi) is 5.95. The molecule has 1 rings (SSSR count). The van der Waals surface area contributed by atoms with Crippen LogP contribution in [0.5, 0.6) is 0 Å². The Morgan fingerprint density at radius 2 is 1.90 bits per heavy atom. The summed E-state index contributed by atoms with van der Waals surface area (Å²) in [6, 6.07) is 6.04. The van der Waals surface area contributed by atoms with E-state index >= 15 is 0 Å². The van der Waals surface area contributed by atoms with Gasteiger partial charge in [-0.05, 0) is 44.5 Å². The highest BCUT2D eigenvalue weighted by atomic mass is 35.5. The minimum atomic E-state index is -1.96. The Labute approximate surface area is 122 Å². The van der Waals surface area contributed by atoms with E-state index in [0.29, 0.717) is 23.6 Å². The van der Waals surface area contributed by atoms with Crippen molar-refractivity contribution in [3.8, 4) is 0 Å². The van der Waals surface area contributed by atoms with Crippen LogP contribution in [0.15, 0.2) is 24.3 Å². The van der Waals surface area contributed by atoms with Crippen molar-refractivity contribution in [2.75, 3.05) is 17.8 Å². The van der Waals surface area contributed by atoms with Crippen LogP contribution in [0.3, 0.4) is 0 Å². The van der Waals surface area contributed by atoms with Gasteiger partial charge in [-0.25, -0.2) is 9.18 Å². The third kappa shape index (κ3) is 5.17. The van der Waals surface area contributed by atoms with Gasteiger partial charge in [0.1, 0.15) is 0 Å². The molecule has 110 valence electrons. The molecule has 1 aromatic carbocycles. The Morgan fingerprint density at radius 1 is 1.30 bits per heavy atom. The van der Waals surface area contributed by atoms with Crippen molar-refractivity contribution in [1.29, 1.82) is 0 Å². The molecule has 0 bridgehead atoms. The molecule has 0 saturated carbocycles. The molecule has 1 amide bonds. The number of rotatable bonds is 6. The normalized spacial score (nSPS) is 11.0. The van der Waals surface area contributed by atoms with Crippen LogP contribution in [-0.2, 0) is 9.53 Å². The summed E-state index contributed by atoms with van der Waals surface area (Å²) in [6.45, 7) is 2.60. The Hall–Kier alpha value is -1.62. The van der Waals surface area contributed by atoms with E-state index in [1.54, 1.807) is 0 Å². The molecule has 0 saturated heterocycles. The molecule has 0 radical (unpaired) electrons. The number of anilines is 1. The molecule has 0 aromatic heterocycles. The highest BCUT2D eigenvalue weighted by Gasteiger charge is 2.26. The maximum absolute atomic E-state index is 13.4. The van der Waals surface area contributed by atoms with Gasteiger partial charge >= 0.3 is 5.97 Å².